The van der Waals surface area contributed by atoms with Gasteiger partial charge in [-0.2, -0.15) is 0 Å². The van der Waals surface area contributed by atoms with Crippen LogP contribution in [0.4, 0.5) is 11.4 Å². The number of rotatable bonds is 5. The number of carbonyl (C=O) groups excluding carboxylic acids is 1. The number of carbonyl (C=O) groups is 1. The number of nitrogens with one attached hydrogen (secondary N) is 1. The number of aryl methyl sites for hydroxylation is 1. The predicted octanol–water partition coefficient (Wildman–Crippen LogP) is 2.97. The Morgan fingerprint density at radius 3 is 2.73 bits per heavy atom. The van der Waals surface area contributed by atoms with E-state index in [1.165, 1.54) is 0 Å². The van der Waals surface area contributed by atoms with Crippen molar-refractivity contribution in [1.82, 2.24) is 4.98 Å². The van der Waals surface area contributed by atoms with Crippen LogP contribution in [0.5, 0.6) is 5.75 Å². The van der Waals surface area contributed by atoms with Gasteiger partial charge >= 0.3 is 0 Å². The van der Waals surface area contributed by atoms with Gasteiger partial charge in [-0.1, -0.05) is 6.07 Å². The standard InChI is InChI=1S/C16H19N3O2.ClH/c1-3-21-15-8-11(2)4-7-14(15)19-16(20)9-13-6-5-12(17)10-18-13;/h4-8,10H,3,9,17H2,1-2H3,(H,19,20);1H. The highest BCUT2D eigenvalue weighted by Crippen LogP contribution is 2.25. The van der Waals surface area contributed by atoms with Crippen molar-refractivity contribution >= 4 is 29.7 Å². The van der Waals surface area contributed by atoms with E-state index in [1.807, 2.05) is 32.0 Å². The molecule has 1 amide bonds. The maximum absolute atomic E-state index is 12.1. The maximum atomic E-state index is 12.1. The summed E-state index contributed by atoms with van der Waals surface area (Å²) in [4.78, 5) is 16.2. The third-order valence-corrected chi connectivity index (χ3v) is 2.90. The van der Waals surface area contributed by atoms with Gasteiger partial charge in [-0.3, -0.25) is 9.78 Å². The van der Waals surface area contributed by atoms with Crippen LogP contribution < -0.4 is 15.8 Å². The van der Waals surface area contributed by atoms with Crippen molar-refractivity contribution in [2.24, 2.45) is 0 Å². The number of pyridine rings is 1. The average molecular weight is 322 g/mol. The fraction of sp³-hybridized carbons (Fsp3) is 0.250. The quantitative estimate of drug-likeness (QED) is 0.887. The largest absolute Gasteiger partial charge is 0.492 e. The van der Waals surface area contributed by atoms with Gasteiger partial charge in [-0.25, -0.2) is 0 Å². The molecular weight excluding hydrogens is 302 g/mol. The smallest absolute Gasteiger partial charge is 0.230 e. The molecule has 0 aliphatic rings. The van der Waals surface area contributed by atoms with E-state index >= 15 is 0 Å². The number of nitrogens with two attached hydrogens (primary N) is 1. The second kappa shape index (κ2) is 8.24. The first-order valence-corrected chi connectivity index (χ1v) is 6.82. The lowest BCUT2D eigenvalue weighted by Crippen LogP contribution is -2.16. The van der Waals surface area contributed by atoms with Crippen molar-refractivity contribution in [3.8, 4) is 5.75 Å². The number of nitrogen functional groups attached to an aromatic ring is 1. The van der Waals surface area contributed by atoms with E-state index in [1.54, 1.807) is 18.3 Å². The molecule has 0 fully saturated rings. The number of hydrogen-bond donors (Lipinski definition) is 2. The minimum atomic E-state index is -0.142. The van der Waals surface area contributed by atoms with Crippen LogP contribution in [-0.4, -0.2) is 17.5 Å². The number of anilines is 2. The molecule has 0 aliphatic heterocycles. The predicted molar refractivity (Wildman–Crippen MR) is 90.6 cm³/mol. The first-order chi connectivity index (χ1) is 10.1. The average Bonchev–Trinajstić information content (AvgIpc) is 2.45. The molecule has 0 atom stereocenters. The summed E-state index contributed by atoms with van der Waals surface area (Å²) in [6.45, 7) is 4.44. The molecule has 22 heavy (non-hydrogen) atoms. The van der Waals surface area contributed by atoms with E-state index in [0.717, 1.165) is 5.56 Å². The van der Waals surface area contributed by atoms with Crippen molar-refractivity contribution in [2.75, 3.05) is 17.7 Å². The van der Waals surface area contributed by atoms with Gasteiger partial charge < -0.3 is 15.8 Å². The molecular formula is C16H20ClN3O2. The number of ether oxygens (including phenoxy) is 1. The molecule has 1 aromatic heterocycles. The van der Waals surface area contributed by atoms with Crippen LogP contribution in [0, 0.1) is 6.92 Å². The van der Waals surface area contributed by atoms with E-state index < -0.39 is 0 Å². The van der Waals surface area contributed by atoms with Crippen molar-refractivity contribution in [2.45, 2.75) is 20.3 Å². The van der Waals surface area contributed by atoms with E-state index in [0.29, 0.717) is 29.4 Å². The SMILES string of the molecule is CCOc1cc(C)ccc1NC(=O)Cc1ccc(N)cn1.Cl. The second-order valence-corrected chi connectivity index (χ2v) is 4.74. The Morgan fingerprint density at radius 2 is 2.09 bits per heavy atom. The summed E-state index contributed by atoms with van der Waals surface area (Å²) in [5.41, 5.74) is 8.57. The van der Waals surface area contributed by atoms with Gasteiger partial charge in [-0.15, -0.1) is 12.4 Å². The first kappa shape index (κ1) is 17.8. The van der Waals surface area contributed by atoms with E-state index in [9.17, 15) is 4.79 Å². The molecule has 0 spiro atoms. The van der Waals surface area contributed by atoms with E-state index in [4.69, 9.17) is 10.5 Å². The van der Waals surface area contributed by atoms with Gasteiger partial charge in [0.2, 0.25) is 5.91 Å². The third-order valence-electron chi connectivity index (χ3n) is 2.90. The zero-order valence-corrected chi connectivity index (χ0v) is 13.4. The zero-order chi connectivity index (χ0) is 15.2. The normalized spacial score (nSPS) is 9.73. The Morgan fingerprint density at radius 1 is 1.32 bits per heavy atom. The zero-order valence-electron chi connectivity index (χ0n) is 12.6. The van der Waals surface area contributed by atoms with Gasteiger partial charge in [0.1, 0.15) is 5.75 Å². The monoisotopic (exact) mass is 321 g/mol. The molecule has 2 rings (SSSR count). The molecule has 3 N–H and O–H groups in total. The summed E-state index contributed by atoms with van der Waals surface area (Å²) in [5.74, 6) is 0.535. The van der Waals surface area contributed by atoms with Crippen molar-refractivity contribution in [1.29, 1.82) is 0 Å². The fourth-order valence-electron chi connectivity index (χ4n) is 1.91. The number of aromatic nitrogens is 1. The Hall–Kier alpha value is -2.27. The third kappa shape index (κ3) is 4.93. The summed E-state index contributed by atoms with van der Waals surface area (Å²) in [7, 11) is 0. The number of hydrogen-bond acceptors (Lipinski definition) is 4. The van der Waals surface area contributed by atoms with Gasteiger partial charge in [0.15, 0.2) is 0 Å². The molecule has 0 radical (unpaired) electrons. The maximum Gasteiger partial charge on any atom is 0.230 e. The summed E-state index contributed by atoms with van der Waals surface area (Å²) in [6, 6.07) is 9.15. The van der Waals surface area contributed by atoms with Crippen LogP contribution in [0.2, 0.25) is 0 Å². The number of nitrogens with zero attached hydrogens (tertiary/aromatic N) is 1. The lowest BCUT2D eigenvalue weighted by atomic mass is 10.2. The lowest BCUT2D eigenvalue weighted by molar-refractivity contribution is -0.115. The summed E-state index contributed by atoms with van der Waals surface area (Å²) in [5, 5.41) is 2.85. The van der Waals surface area contributed by atoms with Crippen molar-refractivity contribution < 1.29 is 9.53 Å². The molecule has 1 aromatic carbocycles. The highest BCUT2D eigenvalue weighted by molar-refractivity contribution is 5.93. The number of halogens is 1. The van der Waals surface area contributed by atoms with Crippen LogP contribution in [0.25, 0.3) is 0 Å². The Labute approximate surface area is 136 Å². The molecule has 0 saturated carbocycles. The Balaban J connectivity index is 0.00000242. The van der Waals surface area contributed by atoms with E-state index in [-0.39, 0.29) is 24.7 Å². The lowest BCUT2D eigenvalue weighted by Gasteiger charge is -2.12. The van der Waals surface area contributed by atoms with Gasteiger partial charge in [0.05, 0.1) is 30.6 Å². The summed E-state index contributed by atoms with van der Waals surface area (Å²) in [6.07, 6.45) is 1.74. The highest BCUT2D eigenvalue weighted by Gasteiger charge is 2.09. The van der Waals surface area contributed by atoms with E-state index in [2.05, 4.69) is 10.3 Å². The summed E-state index contributed by atoms with van der Waals surface area (Å²) < 4.78 is 5.54. The number of amides is 1. The van der Waals surface area contributed by atoms with Gasteiger partial charge in [-0.05, 0) is 43.7 Å². The minimum absolute atomic E-state index is 0. The molecule has 0 bridgehead atoms. The first-order valence-electron chi connectivity index (χ1n) is 6.82. The van der Waals surface area contributed by atoms with Crippen LogP contribution in [-0.2, 0) is 11.2 Å². The molecule has 2 aromatic rings. The van der Waals surface area contributed by atoms with Gasteiger partial charge in [0, 0.05) is 5.69 Å². The molecule has 5 nitrogen and oxygen atoms in total. The second-order valence-electron chi connectivity index (χ2n) is 4.74. The van der Waals surface area contributed by atoms with Crippen molar-refractivity contribution in [3.05, 3.63) is 47.8 Å². The Kier molecular flexibility index (Phi) is 6.66. The highest BCUT2D eigenvalue weighted by atomic mass is 35.5. The van der Waals surface area contributed by atoms with Gasteiger partial charge in [0.25, 0.3) is 0 Å². The van der Waals surface area contributed by atoms with Crippen LogP contribution >= 0.6 is 12.4 Å². The summed E-state index contributed by atoms with van der Waals surface area (Å²) >= 11 is 0. The Bertz CT molecular complexity index is 630. The molecule has 0 aliphatic carbocycles. The molecule has 6 heteroatoms. The molecule has 0 unspecified atom stereocenters. The molecule has 1 heterocycles. The molecule has 118 valence electrons. The van der Waals surface area contributed by atoms with Crippen LogP contribution in [0.1, 0.15) is 18.2 Å². The fourth-order valence-corrected chi connectivity index (χ4v) is 1.91. The molecule has 0 saturated heterocycles. The van der Waals surface area contributed by atoms with Crippen LogP contribution in [0.15, 0.2) is 36.5 Å². The minimum Gasteiger partial charge on any atom is -0.492 e. The van der Waals surface area contributed by atoms with Crippen molar-refractivity contribution in [3.63, 3.8) is 0 Å². The topological polar surface area (TPSA) is 77.2 Å². The number of benzene rings is 1. The van der Waals surface area contributed by atoms with Crippen LogP contribution in [0.3, 0.4) is 0 Å².